The van der Waals surface area contributed by atoms with Gasteiger partial charge in [0.05, 0.1) is 0 Å². The molecule has 0 saturated heterocycles. The molecule has 1 atom stereocenters. The predicted molar refractivity (Wildman–Crippen MR) is 64.1 cm³/mol. The van der Waals surface area contributed by atoms with Gasteiger partial charge in [-0.15, -0.1) is 0 Å². The maximum atomic E-state index is 10.5. The van der Waals surface area contributed by atoms with Gasteiger partial charge in [-0.25, -0.2) is 5.43 Å². The van der Waals surface area contributed by atoms with Crippen LogP contribution in [0.15, 0.2) is 30.3 Å². The fraction of sp³-hybridized carbons (Fsp3) is 0.222. The quantitative estimate of drug-likeness (QED) is 0.390. The molecule has 0 amide bonds. The van der Waals surface area contributed by atoms with Gasteiger partial charge >= 0.3 is 0 Å². The first-order valence-electron chi connectivity index (χ1n) is 4.57. The molecule has 86 valence electrons. The SMILES string of the molecule is NC(=S)NNC(C[N+](=O)[O-])c1ccccc1. The molecule has 0 aliphatic heterocycles. The third-order valence-corrected chi connectivity index (χ3v) is 2.01. The van der Waals surface area contributed by atoms with Gasteiger partial charge in [0, 0.05) is 4.92 Å². The van der Waals surface area contributed by atoms with Crippen LogP contribution in [-0.2, 0) is 0 Å². The van der Waals surface area contributed by atoms with Gasteiger partial charge in [-0.3, -0.25) is 15.5 Å². The summed E-state index contributed by atoms with van der Waals surface area (Å²) < 4.78 is 0. The van der Waals surface area contributed by atoms with Crippen LogP contribution < -0.4 is 16.6 Å². The first-order chi connectivity index (χ1) is 7.59. The standard InChI is InChI=1S/C9H12N4O2S/c10-9(16)12-11-8(6-13(14)15)7-4-2-1-3-5-7/h1-5,8,11H,6H2,(H3,10,12,16). The summed E-state index contributed by atoms with van der Waals surface area (Å²) in [6.07, 6.45) is 0. The molecule has 0 radical (unpaired) electrons. The zero-order valence-corrected chi connectivity index (χ0v) is 9.24. The summed E-state index contributed by atoms with van der Waals surface area (Å²) in [6, 6.07) is 8.58. The lowest BCUT2D eigenvalue weighted by Crippen LogP contribution is -2.44. The number of nitrogens with two attached hydrogens (primary N) is 1. The van der Waals surface area contributed by atoms with Gasteiger partial charge in [-0.05, 0) is 17.8 Å². The summed E-state index contributed by atoms with van der Waals surface area (Å²) in [4.78, 5) is 10.1. The zero-order valence-electron chi connectivity index (χ0n) is 8.42. The van der Waals surface area contributed by atoms with Gasteiger partial charge in [0.25, 0.3) is 0 Å². The van der Waals surface area contributed by atoms with E-state index in [1.165, 1.54) is 0 Å². The molecule has 0 saturated carbocycles. The Hall–Kier alpha value is -1.73. The van der Waals surface area contributed by atoms with E-state index in [0.29, 0.717) is 0 Å². The highest BCUT2D eigenvalue weighted by atomic mass is 32.1. The number of benzene rings is 1. The molecule has 0 bridgehead atoms. The zero-order chi connectivity index (χ0) is 12.0. The average Bonchev–Trinajstić information content (AvgIpc) is 2.25. The molecule has 4 N–H and O–H groups in total. The van der Waals surface area contributed by atoms with Crippen molar-refractivity contribution >= 4 is 17.3 Å². The first kappa shape index (κ1) is 12.3. The number of hydrogen-bond acceptors (Lipinski definition) is 4. The lowest BCUT2D eigenvalue weighted by atomic mass is 10.1. The molecular formula is C9H12N4O2S. The molecule has 0 spiro atoms. The second-order valence-electron chi connectivity index (χ2n) is 3.11. The number of nitro groups is 1. The monoisotopic (exact) mass is 240 g/mol. The van der Waals surface area contributed by atoms with Crippen molar-refractivity contribution in [2.45, 2.75) is 6.04 Å². The Morgan fingerprint density at radius 1 is 1.50 bits per heavy atom. The van der Waals surface area contributed by atoms with Crippen molar-refractivity contribution in [3.63, 3.8) is 0 Å². The molecule has 1 rings (SSSR count). The highest BCUT2D eigenvalue weighted by Gasteiger charge is 2.16. The van der Waals surface area contributed by atoms with Gasteiger partial charge < -0.3 is 5.73 Å². The van der Waals surface area contributed by atoms with E-state index in [1.807, 2.05) is 18.2 Å². The highest BCUT2D eigenvalue weighted by molar-refractivity contribution is 7.80. The van der Waals surface area contributed by atoms with Crippen molar-refractivity contribution in [2.75, 3.05) is 6.54 Å². The molecular weight excluding hydrogens is 228 g/mol. The number of nitrogens with one attached hydrogen (secondary N) is 2. The van der Waals surface area contributed by atoms with Crippen LogP contribution in [0, 0.1) is 10.1 Å². The normalized spacial score (nSPS) is 11.8. The summed E-state index contributed by atoms with van der Waals surface area (Å²) in [5, 5.41) is 10.5. The summed E-state index contributed by atoms with van der Waals surface area (Å²) in [6.45, 7) is -0.250. The Kier molecular flexibility index (Phi) is 4.62. The van der Waals surface area contributed by atoms with E-state index in [1.54, 1.807) is 12.1 Å². The van der Waals surface area contributed by atoms with E-state index < -0.39 is 11.0 Å². The topological polar surface area (TPSA) is 93.2 Å². The molecule has 0 heterocycles. The van der Waals surface area contributed by atoms with E-state index in [9.17, 15) is 10.1 Å². The average molecular weight is 240 g/mol. The highest BCUT2D eigenvalue weighted by Crippen LogP contribution is 2.11. The lowest BCUT2D eigenvalue weighted by molar-refractivity contribution is -0.484. The van der Waals surface area contributed by atoms with Crippen LogP contribution in [0.5, 0.6) is 0 Å². The molecule has 16 heavy (non-hydrogen) atoms. The molecule has 0 aromatic heterocycles. The van der Waals surface area contributed by atoms with Crippen molar-refractivity contribution in [3.8, 4) is 0 Å². The van der Waals surface area contributed by atoms with Crippen LogP contribution in [0.25, 0.3) is 0 Å². The van der Waals surface area contributed by atoms with Crippen LogP contribution in [0.1, 0.15) is 11.6 Å². The fourth-order valence-electron chi connectivity index (χ4n) is 1.23. The van der Waals surface area contributed by atoms with Crippen molar-refractivity contribution in [3.05, 3.63) is 46.0 Å². The number of thiocarbonyl (C=S) groups is 1. The molecule has 0 aliphatic carbocycles. The van der Waals surface area contributed by atoms with E-state index in [2.05, 4.69) is 23.1 Å². The van der Waals surface area contributed by atoms with E-state index in [0.717, 1.165) is 5.56 Å². The lowest BCUT2D eigenvalue weighted by Gasteiger charge is -2.15. The molecule has 1 unspecified atom stereocenters. The molecule has 1 aromatic carbocycles. The van der Waals surface area contributed by atoms with E-state index in [4.69, 9.17) is 5.73 Å². The van der Waals surface area contributed by atoms with Crippen molar-refractivity contribution < 1.29 is 4.92 Å². The largest absolute Gasteiger partial charge is 0.375 e. The van der Waals surface area contributed by atoms with E-state index >= 15 is 0 Å². The van der Waals surface area contributed by atoms with Crippen LogP contribution in [0.2, 0.25) is 0 Å². The molecule has 7 heteroatoms. The Labute approximate surface area is 97.9 Å². The minimum absolute atomic E-state index is 0.0456. The Bertz CT molecular complexity index is 371. The molecule has 0 aliphatic rings. The predicted octanol–water partition coefficient (Wildman–Crippen LogP) is 0.342. The van der Waals surface area contributed by atoms with Crippen LogP contribution >= 0.6 is 12.2 Å². The smallest absolute Gasteiger partial charge is 0.224 e. The summed E-state index contributed by atoms with van der Waals surface area (Å²) in [5.41, 5.74) is 11.2. The minimum Gasteiger partial charge on any atom is -0.375 e. The third-order valence-electron chi connectivity index (χ3n) is 1.90. The van der Waals surface area contributed by atoms with Gasteiger partial charge in [-0.1, -0.05) is 30.3 Å². The Morgan fingerprint density at radius 2 is 2.12 bits per heavy atom. The Morgan fingerprint density at radius 3 is 2.62 bits per heavy atom. The van der Waals surface area contributed by atoms with Gasteiger partial charge in [0.15, 0.2) is 5.11 Å². The van der Waals surface area contributed by atoms with Crippen molar-refractivity contribution in [1.29, 1.82) is 0 Å². The van der Waals surface area contributed by atoms with Gasteiger partial charge in [-0.2, -0.15) is 0 Å². The Balaban J connectivity index is 2.71. The number of hydrogen-bond donors (Lipinski definition) is 3. The number of rotatable bonds is 5. The molecule has 6 nitrogen and oxygen atoms in total. The van der Waals surface area contributed by atoms with Gasteiger partial charge in [0.1, 0.15) is 6.04 Å². The first-order valence-corrected chi connectivity index (χ1v) is 4.98. The fourth-order valence-corrected chi connectivity index (χ4v) is 1.29. The molecule has 0 fully saturated rings. The van der Waals surface area contributed by atoms with Crippen LogP contribution in [0.4, 0.5) is 0 Å². The molecule has 1 aromatic rings. The summed E-state index contributed by atoms with van der Waals surface area (Å²) >= 11 is 4.61. The summed E-state index contributed by atoms with van der Waals surface area (Å²) in [7, 11) is 0. The summed E-state index contributed by atoms with van der Waals surface area (Å²) in [5.74, 6) is 0. The number of hydrazine groups is 1. The van der Waals surface area contributed by atoms with Gasteiger partial charge in [0.2, 0.25) is 6.54 Å². The maximum absolute atomic E-state index is 10.5. The minimum atomic E-state index is -0.474. The van der Waals surface area contributed by atoms with Crippen LogP contribution in [-0.4, -0.2) is 16.6 Å². The third kappa shape index (κ3) is 4.20. The van der Waals surface area contributed by atoms with Crippen LogP contribution in [0.3, 0.4) is 0 Å². The maximum Gasteiger partial charge on any atom is 0.224 e. The number of nitrogens with zero attached hydrogens (tertiary/aromatic N) is 1. The van der Waals surface area contributed by atoms with Crippen molar-refractivity contribution in [1.82, 2.24) is 10.9 Å². The van der Waals surface area contributed by atoms with Crippen molar-refractivity contribution in [2.24, 2.45) is 5.73 Å². The second kappa shape index (κ2) is 5.99. The van der Waals surface area contributed by atoms with E-state index in [-0.39, 0.29) is 11.7 Å². The second-order valence-corrected chi connectivity index (χ2v) is 3.55.